The van der Waals surface area contributed by atoms with Gasteiger partial charge < -0.3 is 9.63 Å². The van der Waals surface area contributed by atoms with Gasteiger partial charge in [0.1, 0.15) is 11.6 Å². The van der Waals surface area contributed by atoms with Crippen LogP contribution in [0.3, 0.4) is 0 Å². The summed E-state index contributed by atoms with van der Waals surface area (Å²) < 4.78 is 18.4. The van der Waals surface area contributed by atoms with E-state index in [1.54, 1.807) is 6.07 Å². The summed E-state index contributed by atoms with van der Waals surface area (Å²) >= 11 is 0. The van der Waals surface area contributed by atoms with E-state index in [0.717, 1.165) is 30.3 Å². The zero-order valence-electron chi connectivity index (χ0n) is 11.8. The van der Waals surface area contributed by atoms with Crippen LogP contribution in [-0.2, 0) is 6.42 Å². The van der Waals surface area contributed by atoms with Crippen LogP contribution < -0.4 is 0 Å². The van der Waals surface area contributed by atoms with Crippen molar-refractivity contribution in [3.63, 3.8) is 0 Å². The smallest absolute Gasteiger partial charge is 0.257 e. The molecule has 0 aliphatic carbocycles. The molecule has 2 aromatic heterocycles. The monoisotopic (exact) mass is 300 g/mol. The molecule has 0 amide bonds. The molecule has 0 spiro atoms. The third-order valence-corrected chi connectivity index (χ3v) is 3.36. The number of aromatic nitrogens is 2. The normalized spacial score (nSPS) is 11.0. The third kappa shape index (κ3) is 2.43. The van der Waals surface area contributed by atoms with E-state index < -0.39 is 11.6 Å². The molecule has 0 atom stereocenters. The van der Waals surface area contributed by atoms with Gasteiger partial charge in [-0.05, 0) is 30.7 Å². The highest BCUT2D eigenvalue weighted by molar-refractivity contribution is 6.11. The lowest BCUT2D eigenvalue weighted by Crippen LogP contribution is -2.03. The molecule has 6 heteroatoms. The van der Waals surface area contributed by atoms with E-state index in [1.165, 1.54) is 6.20 Å². The van der Waals surface area contributed by atoms with Crippen molar-refractivity contribution in [2.24, 2.45) is 0 Å². The first-order chi connectivity index (χ1) is 10.6. The van der Waals surface area contributed by atoms with E-state index >= 15 is 0 Å². The molecule has 0 unspecified atom stereocenters. The van der Waals surface area contributed by atoms with Crippen LogP contribution in [0.15, 0.2) is 35.0 Å². The Morgan fingerprint density at radius 3 is 2.95 bits per heavy atom. The van der Waals surface area contributed by atoms with Gasteiger partial charge in [-0.1, -0.05) is 18.5 Å². The fourth-order valence-corrected chi connectivity index (χ4v) is 2.27. The van der Waals surface area contributed by atoms with Crippen LogP contribution in [0.4, 0.5) is 4.39 Å². The number of nitrogens with zero attached hydrogens (tertiary/aromatic N) is 2. The second-order valence-corrected chi connectivity index (χ2v) is 4.95. The van der Waals surface area contributed by atoms with E-state index in [0.29, 0.717) is 17.5 Å². The van der Waals surface area contributed by atoms with Crippen LogP contribution in [0, 0.1) is 5.82 Å². The second kappa shape index (κ2) is 5.55. The standard InChI is InChI=1S/C16H13FN2O3/c1-2-3-13-11-6-9(8-18-16(11)22-19-13)15(21)12-7-10(17)4-5-14(12)20/h4-8,20H,2-3H2,1H3. The minimum atomic E-state index is -0.591. The molecule has 0 saturated carbocycles. The minimum absolute atomic E-state index is 0.102. The van der Waals surface area contributed by atoms with Crippen LogP contribution in [0.5, 0.6) is 5.75 Å². The average molecular weight is 300 g/mol. The SMILES string of the molecule is CCCc1noc2ncc(C(=O)c3cc(F)ccc3O)cc12. The van der Waals surface area contributed by atoms with Crippen molar-refractivity contribution in [3.8, 4) is 5.75 Å². The van der Waals surface area contributed by atoms with E-state index in [1.807, 2.05) is 6.92 Å². The molecule has 0 saturated heterocycles. The molecule has 5 nitrogen and oxygen atoms in total. The minimum Gasteiger partial charge on any atom is -0.507 e. The molecule has 0 aliphatic heterocycles. The van der Waals surface area contributed by atoms with Gasteiger partial charge in [0, 0.05) is 11.8 Å². The summed E-state index contributed by atoms with van der Waals surface area (Å²) in [5, 5.41) is 14.3. The van der Waals surface area contributed by atoms with Gasteiger partial charge in [-0.2, -0.15) is 0 Å². The van der Waals surface area contributed by atoms with E-state index in [-0.39, 0.29) is 16.9 Å². The van der Waals surface area contributed by atoms with E-state index in [4.69, 9.17) is 4.52 Å². The van der Waals surface area contributed by atoms with Gasteiger partial charge >= 0.3 is 0 Å². The molecule has 0 fully saturated rings. The van der Waals surface area contributed by atoms with Crippen LogP contribution in [0.1, 0.15) is 35.0 Å². The summed E-state index contributed by atoms with van der Waals surface area (Å²) in [4.78, 5) is 16.5. The van der Waals surface area contributed by atoms with Crippen molar-refractivity contribution in [2.45, 2.75) is 19.8 Å². The summed E-state index contributed by atoms with van der Waals surface area (Å²) in [5.41, 5.74) is 1.22. The van der Waals surface area contributed by atoms with Crippen molar-refractivity contribution in [2.75, 3.05) is 0 Å². The van der Waals surface area contributed by atoms with Gasteiger partial charge in [-0.25, -0.2) is 9.37 Å². The van der Waals surface area contributed by atoms with Crippen molar-refractivity contribution >= 4 is 16.9 Å². The van der Waals surface area contributed by atoms with Crippen LogP contribution >= 0.6 is 0 Å². The van der Waals surface area contributed by atoms with Crippen LogP contribution in [0.2, 0.25) is 0 Å². The van der Waals surface area contributed by atoms with Crippen molar-refractivity contribution in [1.82, 2.24) is 10.1 Å². The number of ketones is 1. The van der Waals surface area contributed by atoms with Gasteiger partial charge in [0.15, 0.2) is 5.78 Å². The largest absolute Gasteiger partial charge is 0.507 e. The number of carbonyl (C=O) groups excluding carboxylic acids is 1. The molecule has 22 heavy (non-hydrogen) atoms. The molecule has 1 N–H and O–H groups in total. The Morgan fingerprint density at radius 2 is 2.18 bits per heavy atom. The molecule has 112 valence electrons. The summed E-state index contributed by atoms with van der Waals surface area (Å²) in [5.74, 6) is -1.37. The number of aromatic hydroxyl groups is 1. The lowest BCUT2D eigenvalue weighted by Gasteiger charge is -2.04. The predicted molar refractivity (Wildman–Crippen MR) is 77.3 cm³/mol. The van der Waals surface area contributed by atoms with Crippen molar-refractivity contribution < 1.29 is 18.8 Å². The maximum atomic E-state index is 13.3. The van der Waals surface area contributed by atoms with Gasteiger partial charge in [0.25, 0.3) is 5.71 Å². The number of hydrogen-bond donors (Lipinski definition) is 1. The van der Waals surface area contributed by atoms with Crippen LogP contribution in [0.25, 0.3) is 11.1 Å². The summed E-state index contributed by atoms with van der Waals surface area (Å²) in [7, 11) is 0. The lowest BCUT2D eigenvalue weighted by atomic mass is 10.0. The number of fused-ring (bicyclic) bond motifs is 1. The third-order valence-electron chi connectivity index (χ3n) is 3.36. The molecule has 0 aliphatic rings. The number of halogens is 1. The number of benzene rings is 1. The highest BCUT2D eigenvalue weighted by atomic mass is 19.1. The molecule has 3 aromatic rings. The zero-order valence-corrected chi connectivity index (χ0v) is 11.8. The lowest BCUT2D eigenvalue weighted by molar-refractivity contribution is 0.103. The highest BCUT2D eigenvalue weighted by Crippen LogP contribution is 2.24. The Hall–Kier alpha value is -2.76. The van der Waals surface area contributed by atoms with E-state index in [9.17, 15) is 14.3 Å². The molecule has 0 bridgehead atoms. The fraction of sp³-hybridized carbons (Fsp3) is 0.188. The number of carbonyl (C=O) groups is 1. The summed E-state index contributed by atoms with van der Waals surface area (Å²) in [6, 6.07) is 4.85. The number of aryl methyl sites for hydroxylation is 1. The maximum absolute atomic E-state index is 13.3. The topological polar surface area (TPSA) is 76.2 Å². The number of pyridine rings is 1. The first-order valence-corrected chi connectivity index (χ1v) is 6.87. The first kappa shape index (κ1) is 14.2. The average Bonchev–Trinajstić information content (AvgIpc) is 2.92. The highest BCUT2D eigenvalue weighted by Gasteiger charge is 2.17. The Morgan fingerprint density at radius 1 is 1.36 bits per heavy atom. The Bertz CT molecular complexity index is 858. The summed E-state index contributed by atoms with van der Waals surface area (Å²) in [6.45, 7) is 2.01. The number of hydrogen-bond acceptors (Lipinski definition) is 5. The number of rotatable bonds is 4. The molecular weight excluding hydrogens is 287 g/mol. The van der Waals surface area contributed by atoms with Crippen molar-refractivity contribution in [3.05, 3.63) is 53.1 Å². The number of phenols is 1. The summed E-state index contributed by atoms with van der Waals surface area (Å²) in [6.07, 6.45) is 2.91. The van der Waals surface area contributed by atoms with Gasteiger partial charge in [0.05, 0.1) is 16.6 Å². The molecular formula is C16H13FN2O3. The molecule has 3 rings (SSSR count). The Balaban J connectivity index is 2.07. The molecule has 0 radical (unpaired) electrons. The van der Waals surface area contributed by atoms with Gasteiger partial charge in [0.2, 0.25) is 0 Å². The fourth-order valence-electron chi connectivity index (χ4n) is 2.27. The van der Waals surface area contributed by atoms with Gasteiger partial charge in [-0.3, -0.25) is 4.79 Å². The number of phenolic OH excluding ortho intramolecular Hbond substituents is 1. The zero-order chi connectivity index (χ0) is 15.7. The quantitative estimate of drug-likeness (QED) is 0.748. The van der Waals surface area contributed by atoms with Crippen LogP contribution in [-0.4, -0.2) is 21.0 Å². The maximum Gasteiger partial charge on any atom is 0.257 e. The van der Waals surface area contributed by atoms with Gasteiger partial charge in [-0.15, -0.1) is 0 Å². The predicted octanol–water partition coefficient (Wildman–Crippen LogP) is 3.25. The molecule has 1 aromatic carbocycles. The van der Waals surface area contributed by atoms with E-state index in [2.05, 4.69) is 10.1 Å². The van der Waals surface area contributed by atoms with Crippen molar-refractivity contribution in [1.29, 1.82) is 0 Å². The molecule has 2 heterocycles. The second-order valence-electron chi connectivity index (χ2n) is 4.95. The Kier molecular flexibility index (Phi) is 3.58. The Labute approximate surface area is 125 Å². The first-order valence-electron chi connectivity index (χ1n) is 6.87.